The quantitative estimate of drug-likeness (QED) is 0.622. The second-order valence-corrected chi connectivity index (χ2v) is 5.60. The zero-order valence-corrected chi connectivity index (χ0v) is 11.2. The van der Waals surface area contributed by atoms with Crippen molar-refractivity contribution in [2.45, 2.75) is 18.7 Å². The van der Waals surface area contributed by atoms with Crippen LogP contribution in [0.1, 0.15) is 13.8 Å². The van der Waals surface area contributed by atoms with E-state index < -0.39 is 0 Å². The van der Waals surface area contributed by atoms with Gasteiger partial charge in [-0.3, -0.25) is 0 Å². The smallest absolute Gasteiger partial charge is 0.132 e. The van der Waals surface area contributed by atoms with Gasteiger partial charge < -0.3 is 4.74 Å². The summed E-state index contributed by atoms with van der Waals surface area (Å²) >= 11 is 6.18. The minimum absolute atomic E-state index is 0.259. The lowest BCUT2D eigenvalue weighted by Crippen LogP contribution is -2.16. The molecule has 15 heavy (non-hydrogen) atoms. The Kier molecular flexibility index (Phi) is 4.87. The second kappa shape index (κ2) is 5.71. The Morgan fingerprint density at radius 1 is 1.33 bits per heavy atom. The van der Waals surface area contributed by atoms with E-state index in [1.54, 1.807) is 7.11 Å². The van der Waals surface area contributed by atoms with Gasteiger partial charge in [-0.1, -0.05) is 26.0 Å². The molecule has 0 N–H and O–H groups in total. The van der Waals surface area contributed by atoms with Crippen LogP contribution in [0, 0.1) is 5.41 Å². The summed E-state index contributed by atoms with van der Waals surface area (Å²) in [7, 11) is 1.71. The molecule has 0 fully saturated rings. The first-order valence-electron chi connectivity index (χ1n) is 4.96. The molecule has 0 heterocycles. The van der Waals surface area contributed by atoms with Crippen molar-refractivity contribution < 1.29 is 4.74 Å². The van der Waals surface area contributed by atoms with Crippen LogP contribution in [-0.4, -0.2) is 18.6 Å². The maximum Gasteiger partial charge on any atom is 0.132 e. The lowest BCUT2D eigenvalue weighted by atomic mass is 10.0. The van der Waals surface area contributed by atoms with E-state index in [-0.39, 0.29) is 5.41 Å². The van der Waals surface area contributed by atoms with Crippen molar-refractivity contribution in [3.63, 3.8) is 0 Å². The lowest BCUT2D eigenvalue weighted by Gasteiger charge is -2.21. The fourth-order valence-corrected chi connectivity index (χ4v) is 2.44. The molecule has 3 heteroatoms. The second-order valence-electron chi connectivity index (χ2n) is 4.26. The van der Waals surface area contributed by atoms with Gasteiger partial charge in [0.25, 0.3) is 0 Å². The van der Waals surface area contributed by atoms with E-state index >= 15 is 0 Å². The first-order chi connectivity index (χ1) is 7.09. The van der Waals surface area contributed by atoms with Crippen molar-refractivity contribution in [1.82, 2.24) is 0 Å². The minimum atomic E-state index is 0.259. The van der Waals surface area contributed by atoms with Crippen LogP contribution in [0.3, 0.4) is 0 Å². The standard InChI is InChI=1S/C12H18OS2/c1-12(2,8-14)9-15-11-7-5-4-6-10(11)13-3/h4-7,14H,8-9H2,1-3H3. The van der Waals surface area contributed by atoms with Gasteiger partial charge in [0.15, 0.2) is 0 Å². The third-order valence-corrected chi connectivity index (χ3v) is 4.55. The van der Waals surface area contributed by atoms with E-state index in [1.807, 2.05) is 30.0 Å². The summed E-state index contributed by atoms with van der Waals surface area (Å²) < 4.78 is 5.30. The van der Waals surface area contributed by atoms with Crippen molar-refractivity contribution in [1.29, 1.82) is 0 Å². The van der Waals surface area contributed by atoms with Gasteiger partial charge >= 0.3 is 0 Å². The maximum atomic E-state index is 5.30. The van der Waals surface area contributed by atoms with Gasteiger partial charge in [0, 0.05) is 10.6 Å². The van der Waals surface area contributed by atoms with Crippen LogP contribution in [0.5, 0.6) is 5.75 Å². The Labute approximate surface area is 102 Å². The molecular formula is C12H18OS2. The fourth-order valence-electron chi connectivity index (χ4n) is 1.06. The number of para-hydroxylation sites is 1. The van der Waals surface area contributed by atoms with Gasteiger partial charge in [0.1, 0.15) is 5.75 Å². The zero-order chi connectivity index (χ0) is 11.3. The molecule has 84 valence electrons. The highest BCUT2D eigenvalue weighted by molar-refractivity contribution is 7.99. The van der Waals surface area contributed by atoms with E-state index in [0.29, 0.717) is 0 Å². The van der Waals surface area contributed by atoms with Gasteiger partial charge in [-0.2, -0.15) is 12.6 Å². The van der Waals surface area contributed by atoms with Crippen molar-refractivity contribution in [3.05, 3.63) is 24.3 Å². The monoisotopic (exact) mass is 242 g/mol. The first kappa shape index (κ1) is 12.8. The SMILES string of the molecule is COc1ccccc1SCC(C)(C)CS. The molecule has 0 spiro atoms. The Balaban J connectivity index is 2.65. The summed E-state index contributed by atoms with van der Waals surface area (Å²) in [5, 5.41) is 0. The molecule has 0 amide bonds. The maximum absolute atomic E-state index is 5.30. The summed E-state index contributed by atoms with van der Waals surface area (Å²) in [4.78, 5) is 1.20. The normalized spacial score (nSPS) is 11.5. The molecule has 0 bridgehead atoms. The molecule has 0 aliphatic heterocycles. The van der Waals surface area contributed by atoms with Crippen LogP contribution in [0.2, 0.25) is 0 Å². The summed E-state index contributed by atoms with van der Waals surface area (Å²) in [6.45, 7) is 4.45. The number of thioether (sulfide) groups is 1. The topological polar surface area (TPSA) is 9.23 Å². The molecule has 0 saturated heterocycles. The van der Waals surface area contributed by atoms with Crippen molar-refractivity contribution in [3.8, 4) is 5.75 Å². The van der Waals surface area contributed by atoms with Crippen LogP contribution >= 0.6 is 24.4 Å². The van der Waals surface area contributed by atoms with Crippen LogP contribution in [-0.2, 0) is 0 Å². The summed E-state index contributed by atoms with van der Waals surface area (Å²) in [6, 6.07) is 8.12. The van der Waals surface area contributed by atoms with Crippen molar-refractivity contribution in [2.75, 3.05) is 18.6 Å². The van der Waals surface area contributed by atoms with Crippen molar-refractivity contribution >= 4 is 24.4 Å². The number of rotatable bonds is 5. The predicted octanol–water partition coefficient (Wildman–Crippen LogP) is 3.74. The predicted molar refractivity (Wildman–Crippen MR) is 71.4 cm³/mol. The average molecular weight is 242 g/mol. The van der Waals surface area contributed by atoms with E-state index in [2.05, 4.69) is 32.5 Å². The molecule has 0 aromatic heterocycles. The van der Waals surface area contributed by atoms with Crippen LogP contribution in [0.15, 0.2) is 29.2 Å². The fraction of sp³-hybridized carbons (Fsp3) is 0.500. The van der Waals surface area contributed by atoms with Crippen LogP contribution in [0.25, 0.3) is 0 Å². The Morgan fingerprint density at radius 2 is 2.00 bits per heavy atom. The number of hydrogen-bond acceptors (Lipinski definition) is 3. The molecular weight excluding hydrogens is 224 g/mol. The molecule has 0 unspecified atom stereocenters. The average Bonchev–Trinajstić information content (AvgIpc) is 2.27. The highest BCUT2D eigenvalue weighted by Crippen LogP contribution is 2.33. The van der Waals surface area contributed by atoms with Gasteiger partial charge in [-0.05, 0) is 23.3 Å². The summed E-state index contributed by atoms with van der Waals surface area (Å²) in [5.41, 5.74) is 0.259. The Hall–Kier alpha value is -0.280. The van der Waals surface area contributed by atoms with E-state index in [9.17, 15) is 0 Å². The largest absolute Gasteiger partial charge is 0.496 e. The Morgan fingerprint density at radius 3 is 2.60 bits per heavy atom. The van der Waals surface area contributed by atoms with Gasteiger partial charge in [-0.15, -0.1) is 11.8 Å². The first-order valence-corrected chi connectivity index (χ1v) is 6.57. The molecule has 0 saturated carbocycles. The lowest BCUT2D eigenvalue weighted by molar-refractivity contribution is 0.404. The zero-order valence-electron chi connectivity index (χ0n) is 9.49. The highest BCUT2D eigenvalue weighted by Gasteiger charge is 2.16. The van der Waals surface area contributed by atoms with Gasteiger partial charge in [0.05, 0.1) is 7.11 Å². The van der Waals surface area contributed by atoms with Gasteiger partial charge in [-0.25, -0.2) is 0 Å². The number of benzene rings is 1. The number of hydrogen-bond donors (Lipinski definition) is 1. The molecule has 1 nitrogen and oxygen atoms in total. The molecule has 1 aromatic rings. The molecule has 0 aliphatic carbocycles. The van der Waals surface area contributed by atoms with E-state index in [1.165, 1.54) is 4.90 Å². The van der Waals surface area contributed by atoms with Crippen LogP contribution in [0.4, 0.5) is 0 Å². The highest BCUT2D eigenvalue weighted by atomic mass is 32.2. The molecule has 0 aliphatic rings. The Bertz CT molecular complexity index is 310. The van der Waals surface area contributed by atoms with E-state index in [4.69, 9.17) is 4.74 Å². The molecule has 1 rings (SSSR count). The number of methoxy groups -OCH3 is 1. The van der Waals surface area contributed by atoms with E-state index in [0.717, 1.165) is 17.3 Å². The molecule has 0 radical (unpaired) electrons. The van der Waals surface area contributed by atoms with Crippen LogP contribution < -0.4 is 4.74 Å². The number of ether oxygens (including phenoxy) is 1. The minimum Gasteiger partial charge on any atom is -0.496 e. The summed E-state index contributed by atoms with van der Waals surface area (Å²) in [5.74, 6) is 2.91. The third kappa shape index (κ3) is 3.99. The third-order valence-electron chi connectivity index (χ3n) is 2.12. The molecule has 1 aromatic carbocycles. The summed E-state index contributed by atoms with van der Waals surface area (Å²) in [6.07, 6.45) is 0. The molecule has 0 atom stereocenters. The number of thiol groups is 1. The van der Waals surface area contributed by atoms with Crippen molar-refractivity contribution in [2.24, 2.45) is 5.41 Å². The van der Waals surface area contributed by atoms with Gasteiger partial charge in [0.2, 0.25) is 0 Å².